The lowest BCUT2D eigenvalue weighted by molar-refractivity contribution is -0.132. The smallest absolute Gasteiger partial charge is 0.282 e. The second-order valence-corrected chi connectivity index (χ2v) is 9.81. The highest BCUT2D eigenvalue weighted by molar-refractivity contribution is 8.13. The van der Waals surface area contributed by atoms with Crippen LogP contribution < -0.4 is 0 Å². The number of rotatable bonds is 4. The Hall–Kier alpha value is -2.10. The van der Waals surface area contributed by atoms with E-state index in [9.17, 15) is 18.0 Å². The van der Waals surface area contributed by atoms with Gasteiger partial charge in [-0.1, -0.05) is 42.1 Å². The van der Waals surface area contributed by atoms with E-state index in [1.54, 1.807) is 21.9 Å². The van der Waals surface area contributed by atoms with E-state index >= 15 is 0 Å². The van der Waals surface area contributed by atoms with Gasteiger partial charge in [-0.25, -0.2) is 8.42 Å². The summed E-state index contributed by atoms with van der Waals surface area (Å²) in [5.41, 5.74) is 0. The average molecular weight is 420 g/mol. The molecule has 2 saturated heterocycles. The SMILES string of the molecule is O=C(CN1CCSC1=O)N1CCN(S(=O)(=O)c2ccc3ccccc3c2)CC1. The van der Waals surface area contributed by atoms with E-state index in [1.165, 1.54) is 16.1 Å². The van der Waals surface area contributed by atoms with Crippen LogP contribution in [0.15, 0.2) is 47.4 Å². The molecule has 0 radical (unpaired) electrons. The molecular formula is C19H21N3O4S2. The third-order valence-electron chi connectivity index (χ3n) is 5.12. The molecule has 0 saturated carbocycles. The van der Waals surface area contributed by atoms with E-state index in [1.807, 2.05) is 30.3 Å². The number of carbonyl (C=O) groups excluding carboxylic acids is 2. The minimum absolute atomic E-state index is 0.0640. The Morgan fingerprint density at radius 1 is 0.964 bits per heavy atom. The predicted molar refractivity (Wildman–Crippen MR) is 109 cm³/mol. The first-order valence-electron chi connectivity index (χ1n) is 9.13. The Balaban J connectivity index is 1.42. The summed E-state index contributed by atoms with van der Waals surface area (Å²) in [6, 6.07) is 12.8. The van der Waals surface area contributed by atoms with Crippen LogP contribution in [0.1, 0.15) is 0 Å². The Kier molecular flexibility index (Phi) is 5.31. The molecule has 148 valence electrons. The highest BCUT2D eigenvalue weighted by atomic mass is 32.2. The molecule has 0 N–H and O–H groups in total. The molecule has 0 aliphatic carbocycles. The molecule has 0 atom stereocenters. The van der Waals surface area contributed by atoms with Crippen molar-refractivity contribution < 1.29 is 18.0 Å². The molecule has 2 aliphatic rings. The van der Waals surface area contributed by atoms with Crippen LogP contribution in [0.5, 0.6) is 0 Å². The van der Waals surface area contributed by atoms with Gasteiger partial charge in [0.25, 0.3) is 5.24 Å². The third kappa shape index (κ3) is 3.74. The van der Waals surface area contributed by atoms with Crippen LogP contribution in [-0.2, 0) is 14.8 Å². The van der Waals surface area contributed by atoms with Crippen molar-refractivity contribution in [2.75, 3.05) is 45.0 Å². The second kappa shape index (κ2) is 7.73. The number of benzene rings is 2. The van der Waals surface area contributed by atoms with Crippen molar-refractivity contribution in [1.82, 2.24) is 14.1 Å². The minimum Gasteiger partial charge on any atom is -0.339 e. The van der Waals surface area contributed by atoms with Gasteiger partial charge in [0.1, 0.15) is 6.54 Å². The predicted octanol–water partition coefficient (Wildman–Crippen LogP) is 1.84. The fourth-order valence-corrected chi connectivity index (χ4v) is 5.77. The molecule has 4 rings (SSSR count). The normalized spacial score (nSPS) is 18.8. The van der Waals surface area contributed by atoms with Gasteiger partial charge in [0.15, 0.2) is 0 Å². The van der Waals surface area contributed by atoms with Gasteiger partial charge in [-0.2, -0.15) is 4.31 Å². The van der Waals surface area contributed by atoms with Gasteiger partial charge in [-0.05, 0) is 22.9 Å². The monoisotopic (exact) mass is 419 g/mol. The number of nitrogens with zero attached hydrogens (tertiary/aromatic N) is 3. The largest absolute Gasteiger partial charge is 0.339 e. The minimum atomic E-state index is -3.61. The third-order valence-corrected chi connectivity index (χ3v) is 7.91. The molecule has 2 amide bonds. The molecule has 0 aromatic heterocycles. The van der Waals surface area contributed by atoms with Gasteiger partial charge in [-0.3, -0.25) is 9.59 Å². The van der Waals surface area contributed by atoms with Crippen LogP contribution in [0.25, 0.3) is 10.8 Å². The maximum atomic E-state index is 13.0. The zero-order valence-corrected chi connectivity index (χ0v) is 16.9. The first-order valence-corrected chi connectivity index (χ1v) is 11.6. The van der Waals surface area contributed by atoms with Crippen LogP contribution >= 0.6 is 11.8 Å². The number of piperazine rings is 1. The summed E-state index contributed by atoms with van der Waals surface area (Å²) in [7, 11) is -3.61. The zero-order valence-electron chi connectivity index (χ0n) is 15.3. The first-order chi connectivity index (χ1) is 13.4. The van der Waals surface area contributed by atoms with Gasteiger partial charge in [0.2, 0.25) is 15.9 Å². The maximum Gasteiger partial charge on any atom is 0.282 e. The van der Waals surface area contributed by atoms with Gasteiger partial charge >= 0.3 is 0 Å². The molecule has 0 spiro atoms. The van der Waals surface area contributed by atoms with Gasteiger partial charge in [-0.15, -0.1) is 0 Å². The second-order valence-electron chi connectivity index (χ2n) is 6.83. The standard InChI is InChI=1S/C19H21N3O4S2/c23-18(14-21-11-12-27-19(21)24)20-7-9-22(10-8-20)28(25,26)17-6-5-15-3-1-2-4-16(15)13-17/h1-6,13H,7-12,14H2. The summed E-state index contributed by atoms with van der Waals surface area (Å²) in [5, 5.41) is 1.81. The Morgan fingerprint density at radius 3 is 2.36 bits per heavy atom. The summed E-state index contributed by atoms with van der Waals surface area (Å²) in [6.07, 6.45) is 0. The van der Waals surface area contributed by atoms with Crippen molar-refractivity contribution >= 4 is 43.7 Å². The summed E-state index contributed by atoms with van der Waals surface area (Å²) >= 11 is 1.22. The summed E-state index contributed by atoms with van der Waals surface area (Å²) in [6.45, 7) is 1.84. The lowest BCUT2D eigenvalue weighted by Gasteiger charge is -2.34. The van der Waals surface area contributed by atoms with Crippen molar-refractivity contribution in [3.8, 4) is 0 Å². The van der Waals surface area contributed by atoms with Gasteiger partial charge in [0, 0.05) is 38.5 Å². The number of sulfonamides is 1. The van der Waals surface area contributed by atoms with Crippen molar-refractivity contribution in [3.63, 3.8) is 0 Å². The van der Waals surface area contributed by atoms with E-state index in [-0.39, 0.29) is 35.7 Å². The van der Waals surface area contributed by atoms with Crippen LogP contribution in [0, 0.1) is 0 Å². The Bertz CT molecular complexity index is 1020. The number of hydrogen-bond acceptors (Lipinski definition) is 5. The molecule has 2 aromatic rings. The Morgan fingerprint density at radius 2 is 1.68 bits per heavy atom. The fourth-order valence-electron chi connectivity index (χ4n) is 3.49. The molecule has 7 nitrogen and oxygen atoms in total. The molecule has 9 heteroatoms. The van der Waals surface area contributed by atoms with E-state index in [2.05, 4.69) is 0 Å². The molecule has 28 heavy (non-hydrogen) atoms. The van der Waals surface area contributed by atoms with Crippen LogP contribution in [0.4, 0.5) is 4.79 Å². The van der Waals surface area contributed by atoms with E-state index in [4.69, 9.17) is 0 Å². The van der Waals surface area contributed by atoms with E-state index in [0.717, 1.165) is 10.8 Å². The van der Waals surface area contributed by atoms with E-state index < -0.39 is 10.0 Å². The van der Waals surface area contributed by atoms with Crippen LogP contribution in [0.3, 0.4) is 0 Å². The summed E-state index contributed by atoms with van der Waals surface area (Å²) in [5.74, 6) is 0.586. The molecular weight excluding hydrogens is 398 g/mol. The lowest BCUT2D eigenvalue weighted by atomic mass is 10.1. The van der Waals surface area contributed by atoms with E-state index in [0.29, 0.717) is 25.4 Å². The first kappa shape index (κ1) is 19.2. The lowest BCUT2D eigenvalue weighted by Crippen LogP contribution is -2.52. The highest BCUT2D eigenvalue weighted by Gasteiger charge is 2.32. The number of thioether (sulfide) groups is 1. The maximum absolute atomic E-state index is 13.0. The number of carbonyl (C=O) groups is 2. The van der Waals surface area contributed by atoms with Crippen molar-refractivity contribution in [2.24, 2.45) is 0 Å². The number of amides is 2. The fraction of sp³-hybridized carbons (Fsp3) is 0.368. The summed E-state index contributed by atoms with van der Waals surface area (Å²) < 4.78 is 27.4. The number of fused-ring (bicyclic) bond motifs is 1. The van der Waals surface area contributed by atoms with Gasteiger partial charge < -0.3 is 9.80 Å². The van der Waals surface area contributed by atoms with Crippen molar-refractivity contribution in [3.05, 3.63) is 42.5 Å². The molecule has 0 bridgehead atoms. The number of hydrogen-bond donors (Lipinski definition) is 0. The van der Waals surface area contributed by atoms with Crippen LogP contribution in [-0.4, -0.2) is 78.7 Å². The van der Waals surface area contributed by atoms with Crippen molar-refractivity contribution in [2.45, 2.75) is 4.90 Å². The molecule has 2 heterocycles. The molecule has 0 unspecified atom stereocenters. The topological polar surface area (TPSA) is 78.0 Å². The summed E-state index contributed by atoms with van der Waals surface area (Å²) in [4.78, 5) is 27.5. The van der Waals surface area contributed by atoms with Crippen LogP contribution in [0.2, 0.25) is 0 Å². The van der Waals surface area contributed by atoms with Crippen molar-refractivity contribution in [1.29, 1.82) is 0 Å². The quantitative estimate of drug-likeness (QED) is 0.756. The van der Waals surface area contributed by atoms with Gasteiger partial charge in [0.05, 0.1) is 4.90 Å². The molecule has 2 aliphatic heterocycles. The highest BCUT2D eigenvalue weighted by Crippen LogP contribution is 2.23. The zero-order chi connectivity index (χ0) is 19.7. The molecule has 2 aromatic carbocycles. The molecule has 2 fully saturated rings. The average Bonchev–Trinajstić information content (AvgIpc) is 3.12. The Labute approximate surface area is 168 Å².